The molecule has 1 unspecified atom stereocenters. The van der Waals surface area contributed by atoms with Crippen LogP contribution < -0.4 is 15.2 Å². The maximum Gasteiger partial charge on any atom is 0.244 e. The van der Waals surface area contributed by atoms with E-state index in [2.05, 4.69) is 4.72 Å². The van der Waals surface area contributed by atoms with E-state index in [0.29, 0.717) is 31.1 Å². The molecule has 0 fully saturated rings. The van der Waals surface area contributed by atoms with Gasteiger partial charge in [-0.1, -0.05) is 0 Å². The molecule has 0 spiro atoms. The number of fused-ring (bicyclic) bond motifs is 1. The van der Waals surface area contributed by atoms with Crippen LogP contribution >= 0.6 is 0 Å². The Kier molecular flexibility index (Phi) is 5.08. The Balaban J connectivity index is 2.29. The fourth-order valence-electron chi connectivity index (χ4n) is 2.35. The number of ether oxygens (including phenoxy) is 2. The highest BCUT2D eigenvalue weighted by Crippen LogP contribution is 2.34. The van der Waals surface area contributed by atoms with Gasteiger partial charge in [0.2, 0.25) is 10.0 Å². The molecule has 1 atom stereocenters. The Morgan fingerprint density at radius 2 is 2.24 bits per heavy atom. The Bertz CT molecular complexity index is 601. The van der Waals surface area contributed by atoms with E-state index in [1.807, 2.05) is 0 Å². The molecule has 0 aliphatic carbocycles. The van der Waals surface area contributed by atoms with Gasteiger partial charge in [0, 0.05) is 25.4 Å². The Morgan fingerprint density at radius 1 is 1.48 bits per heavy atom. The lowest BCUT2D eigenvalue weighted by Gasteiger charge is -2.22. The predicted molar refractivity (Wildman–Crippen MR) is 80.9 cm³/mol. The van der Waals surface area contributed by atoms with Crippen LogP contribution in [-0.2, 0) is 21.2 Å². The van der Waals surface area contributed by atoms with Crippen LogP contribution in [0.2, 0.25) is 0 Å². The number of benzene rings is 1. The minimum Gasteiger partial charge on any atom is -0.492 e. The number of nitrogens with one attached hydrogen (secondary N) is 1. The molecule has 118 valence electrons. The van der Waals surface area contributed by atoms with Crippen LogP contribution in [-0.4, -0.2) is 34.8 Å². The number of hydrogen-bond donors (Lipinski definition) is 2. The van der Waals surface area contributed by atoms with Crippen LogP contribution in [0.3, 0.4) is 0 Å². The van der Waals surface area contributed by atoms with Crippen molar-refractivity contribution >= 4 is 15.7 Å². The molecule has 0 aromatic heterocycles. The van der Waals surface area contributed by atoms with Gasteiger partial charge in [-0.3, -0.25) is 0 Å². The number of hydrogen-bond acceptors (Lipinski definition) is 5. The third kappa shape index (κ3) is 3.87. The topological polar surface area (TPSA) is 90.7 Å². The van der Waals surface area contributed by atoms with Crippen molar-refractivity contribution in [3.05, 3.63) is 17.7 Å². The van der Waals surface area contributed by atoms with Crippen LogP contribution in [0.1, 0.15) is 25.3 Å². The molecule has 1 aromatic carbocycles. The summed E-state index contributed by atoms with van der Waals surface area (Å²) in [5.74, 6) is 0.432. The first-order valence-electron chi connectivity index (χ1n) is 7.00. The molecule has 0 amide bonds. The molecule has 0 radical (unpaired) electrons. The van der Waals surface area contributed by atoms with Gasteiger partial charge in [0.05, 0.1) is 6.61 Å². The zero-order chi connectivity index (χ0) is 15.5. The lowest BCUT2D eigenvalue weighted by Crippen LogP contribution is -2.34. The monoisotopic (exact) mass is 314 g/mol. The van der Waals surface area contributed by atoms with E-state index in [1.165, 1.54) is 6.07 Å². The fraction of sp³-hybridized carbons (Fsp3) is 0.571. The zero-order valence-corrected chi connectivity index (χ0v) is 13.2. The van der Waals surface area contributed by atoms with Gasteiger partial charge in [0.25, 0.3) is 0 Å². The Labute approximate surface area is 125 Å². The van der Waals surface area contributed by atoms with E-state index < -0.39 is 10.0 Å². The van der Waals surface area contributed by atoms with Crippen molar-refractivity contribution in [1.82, 2.24) is 4.72 Å². The Morgan fingerprint density at radius 3 is 2.95 bits per heavy atom. The summed E-state index contributed by atoms with van der Waals surface area (Å²) in [7, 11) is -2.08. The molecule has 1 aliphatic rings. The van der Waals surface area contributed by atoms with E-state index in [1.54, 1.807) is 20.1 Å². The van der Waals surface area contributed by atoms with Gasteiger partial charge in [-0.05, 0) is 43.9 Å². The smallest absolute Gasteiger partial charge is 0.244 e. The van der Waals surface area contributed by atoms with Gasteiger partial charge in [0.15, 0.2) is 0 Å². The van der Waals surface area contributed by atoms with E-state index in [0.717, 1.165) is 18.4 Å². The van der Waals surface area contributed by atoms with Crippen molar-refractivity contribution < 1.29 is 17.9 Å². The van der Waals surface area contributed by atoms with Crippen LogP contribution in [0.4, 0.5) is 5.69 Å². The third-order valence-electron chi connectivity index (χ3n) is 3.39. The SMILES string of the molecule is COCCC(C)NS(=O)(=O)c1cc(N)cc2c1OCCC2. The molecule has 1 aromatic rings. The van der Waals surface area contributed by atoms with E-state index in [-0.39, 0.29) is 10.9 Å². The summed E-state index contributed by atoms with van der Waals surface area (Å²) in [6, 6.07) is 3.01. The average Bonchev–Trinajstić information content (AvgIpc) is 2.43. The number of methoxy groups -OCH3 is 1. The highest BCUT2D eigenvalue weighted by molar-refractivity contribution is 7.89. The number of aryl methyl sites for hydroxylation is 1. The second-order valence-corrected chi connectivity index (χ2v) is 6.95. The summed E-state index contributed by atoms with van der Waals surface area (Å²) in [5.41, 5.74) is 7.11. The molecule has 1 aliphatic heterocycles. The molecule has 0 saturated heterocycles. The average molecular weight is 314 g/mol. The number of rotatable bonds is 6. The quantitative estimate of drug-likeness (QED) is 0.772. The van der Waals surface area contributed by atoms with Gasteiger partial charge in [-0.2, -0.15) is 0 Å². The first kappa shape index (κ1) is 16.1. The first-order valence-corrected chi connectivity index (χ1v) is 8.49. The maximum absolute atomic E-state index is 12.5. The maximum atomic E-state index is 12.5. The van der Waals surface area contributed by atoms with Crippen LogP contribution in [0.5, 0.6) is 5.75 Å². The van der Waals surface area contributed by atoms with Gasteiger partial charge < -0.3 is 15.2 Å². The van der Waals surface area contributed by atoms with Crippen LogP contribution in [0.25, 0.3) is 0 Å². The van der Waals surface area contributed by atoms with Gasteiger partial charge in [-0.15, -0.1) is 0 Å². The number of sulfonamides is 1. The molecule has 1 heterocycles. The standard InChI is InChI=1S/C14H22N2O4S/c1-10(5-7-19-2)16-21(17,18)13-9-12(15)8-11-4-3-6-20-14(11)13/h8-10,16H,3-7,15H2,1-2H3. The first-order chi connectivity index (χ1) is 9.94. The van der Waals surface area contributed by atoms with Crippen LogP contribution in [0, 0.1) is 0 Å². The lowest BCUT2D eigenvalue weighted by molar-refractivity contribution is 0.188. The molecule has 0 bridgehead atoms. The third-order valence-corrected chi connectivity index (χ3v) is 4.99. The number of anilines is 1. The Hall–Kier alpha value is -1.31. The van der Waals surface area contributed by atoms with Crippen molar-refractivity contribution in [2.75, 3.05) is 26.1 Å². The highest BCUT2D eigenvalue weighted by atomic mass is 32.2. The van der Waals surface area contributed by atoms with E-state index >= 15 is 0 Å². The molecular weight excluding hydrogens is 292 g/mol. The summed E-state index contributed by atoms with van der Waals surface area (Å²) < 4.78 is 38.2. The molecule has 7 heteroatoms. The number of nitrogen functional groups attached to an aromatic ring is 1. The predicted octanol–water partition coefficient (Wildman–Crippen LogP) is 1.30. The highest BCUT2D eigenvalue weighted by Gasteiger charge is 2.26. The van der Waals surface area contributed by atoms with Crippen molar-refractivity contribution in [2.45, 2.75) is 37.1 Å². The number of nitrogens with two attached hydrogens (primary N) is 1. The molecular formula is C14H22N2O4S. The molecule has 0 saturated carbocycles. The van der Waals surface area contributed by atoms with Crippen molar-refractivity contribution in [2.24, 2.45) is 0 Å². The summed E-state index contributed by atoms with van der Waals surface area (Å²) in [4.78, 5) is 0.126. The van der Waals surface area contributed by atoms with E-state index in [4.69, 9.17) is 15.2 Å². The van der Waals surface area contributed by atoms with Crippen molar-refractivity contribution in [1.29, 1.82) is 0 Å². The largest absolute Gasteiger partial charge is 0.492 e. The summed E-state index contributed by atoms with van der Waals surface area (Å²) in [6.07, 6.45) is 2.25. The minimum absolute atomic E-state index is 0.126. The van der Waals surface area contributed by atoms with Gasteiger partial charge >= 0.3 is 0 Å². The van der Waals surface area contributed by atoms with E-state index in [9.17, 15) is 8.42 Å². The zero-order valence-electron chi connectivity index (χ0n) is 12.4. The molecule has 3 N–H and O–H groups in total. The molecule has 6 nitrogen and oxygen atoms in total. The molecule has 2 rings (SSSR count). The van der Waals surface area contributed by atoms with Gasteiger partial charge in [0.1, 0.15) is 10.6 Å². The lowest BCUT2D eigenvalue weighted by atomic mass is 10.1. The van der Waals surface area contributed by atoms with Crippen molar-refractivity contribution in [3.63, 3.8) is 0 Å². The molecule has 21 heavy (non-hydrogen) atoms. The van der Waals surface area contributed by atoms with Crippen molar-refractivity contribution in [3.8, 4) is 5.75 Å². The summed E-state index contributed by atoms with van der Waals surface area (Å²) in [5, 5.41) is 0. The minimum atomic E-state index is -3.66. The second-order valence-electron chi connectivity index (χ2n) is 5.26. The van der Waals surface area contributed by atoms with Gasteiger partial charge in [-0.25, -0.2) is 13.1 Å². The summed E-state index contributed by atoms with van der Waals surface area (Å²) >= 11 is 0. The second kappa shape index (κ2) is 6.64. The fourth-order valence-corrected chi connectivity index (χ4v) is 3.85. The normalized spacial score (nSPS) is 16.1. The van der Waals surface area contributed by atoms with Crippen LogP contribution in [0.15, 0.2) is 17.0 Å². The summed E-state index contributed by atoms with van der Waals surface area (Å²) in [6.45, 7) is 2.82.